The molecule has 0 unspecified atom stereocenters. The quantitative estimate of drug-likeness (QED) is 0.420. The van der Waals surface area contributed by atoms with E-state index < -0.39 is 24.0 Å². The number of nitrogens with one attached hydrogen (secondary N) is 1. The Labute approximate surface area is 198 Å². The van der Waals surface area contributed by atoms with Crippen molar-refractivity contribution in [3.63, 3.8) is 0 Å². The maximum Gasteiger partial charge on any atom is 0.331 e. The maximum absolute atomic E-state index is 13.1. The first-order chi connectivity index (χ1) is 16.6. The van der Waals surface area contributed by atoms with Gasteiger partial charge >= 0.3 is 5.97 Å². The van der Waals surface area contributed by atoms with E-state index in [0.717, 1.165) is 18.5 Å². The minimum Gasteiger partial charge on any atom is -0.476 e. The summed E-state index contributed by atoms with van der Waals surface area (Å²) in [5.41, 5.74) is -0.251. The van der Waals surface area contributed by atoms with Crippen LogP contribution in [0.1, 0.15) is 66.1 Å². The van der Waals surface area contributed by atoms with Crippen molar-refractivity contribution in [2.45, 2.75) is 64.5 Å². The predicted octanol–water partition coefficient (Wildman–Crippen LogP) is 3.29. The highest BCUT2D eigenvalue weighted by atomic mass is 19.1. The van der Waals surface area contributed by atoms with Crippen LogP contribution in [0.2, 0.25) is 0 Å². The molecule has 8 nitrogen and oxygen atoms in total. The number of ether oxygens (including phenoxy) is 3. The lowest BCUT2D eigenvalue weighted by Crippen LogP contribution is -2.54. The number of aromatic nitrogens is 1. The Bertz CT molecular complexity index is 884. The topological polar surface area (TPSA) is 90.0 Å². The lowest BCUT2D eigenvalue weighted by Gasteiger charge is -2.41. The van der Waals surface area contributed by atoms with Crippen molar-refractivity contribution in [3.05, 3.63) is 17.8 Å². The van der Waals surface area contributed by atoms with Crippen LogP contribution in [0.15, 0.2) is 12.1 Å². The molecule has 33 heavy (non-hydrogen) atoms. The van der Waals surface area contributed by atoms with Gasteiger partial charge in [-0.25, -0.2) is 9.78 Å². The van der Waals surface area contributed by atoms with Crippen molar-refractivity contribution in [2.75, 3.05) is 44.4 Å². The van der Waals surface area contributed by atoms with E-state index >= 15 is 0 Å². The smallest absolute Gasteiger partial charge is 0.331 e. The van der Waals surface area contributed by atoms with Gasteiger partial charge in [0.2, 0.25) is 5.88 Å². The summed E-state index contributed by atoms with van der Waals surface area (Å²) in [5, 5.41) is 2.83. The van der Waals surface area contributed by atoms with Crippen LogP contribution in [0.25, 0.3) is 0 Å². The highest BCUT2D eigenvalue weighted by molar-refractivity contribution is 5.97. The number of rotatable bonds is 14. The molecular weight excluding hydrogens is 429 g/mol. The molecule has 3 rings (SSSR count). The second-order valence-electron chi connectivity index (χ2n) is 8.52. The normalized spacial score (nSPS) is 17.6. The summed E-state index contributed by atoms with van der Waals surface area (Å²) in [6.07, 6.45) is 2.52. The van der Waals surface area contributed by atoms with Crippen molar-refractivity contribution in [3.8, 4) is 5.88 Å². The number of alkyl halides is 1. The number of halogens is 1. The molecule has 2 aliphatic rings. The minimum atomic E-state index is -2.74. The number of nitrogens with zero attached hydrogens (tertiary/aromatic N) is 2. The summed E-state index contributed by atoms with van der Waals surface area (Å²) in [6, 6.07) is 3.37. The molecule has 2 heterocycles. The Balaban J connectivity index is 1.69. The second kappa shape index (κ2) is 11.6. The second-order valence-corrected chi connectivity index (χ2v) is 8.52. The molecule has 1 aliphatic carbocycles. The highest BCUT2D eigenvalue weighted by Gasteiger charge is 2.39. The Morgan fingerprint density at radius 1 is 1.27 bits per heavy atom. The standard InChI is InChI=1S/C24H36FN3O5/c1-4-24(5-2,23(30)31-6-3)27-21(29)19-10-11-20(22(26-19)33-16-17-8-9-17)28-14-18(15-28)32-13-7-12-25/h10-11,17-18H,4-9,12-16H2,1-3H3,(H,27,29)/i12D2. The van der Waals surface area contributed by atoms with E-state index in [-0.39, 0.29) is 31.4 Å². The molecule has 2 fully saturated rings. The Morgan fingerprint density at radius 3 is 2.61 bits per heavy atom. The number of hydrogen-bond acceptors (Lipinski definition) is 7. The zero-order valence-electron chi connectivity index (χ0n) is 21.7. The molecule has 0 spiro atoms. The van der Waals surface area contributed by atoms with E-state index in [4.69, 9.17) is 17.0 Å². The Morgan fingerprint density at radius 2 is 2.00 bits per heavy atom. The van der Waals surface area contributed by atoms with Crippen molar-refractivity contribution in [1.82, 2.24) is 10.3 Å². The van der Waals surface area contributed by atoms with Gasteiger partial charge in [0.15, 0.2) is 0 Å². The predicted molar refractivity (Wildman–Crippen MR) is 122 cm³/mol. The fourth-order valence-corrected chi connectivity index (χ4v) is 3.71. The molecule has 1 aliphatic heterocycles. The summed E-state index contributed by atoms with van der Waals surface area (Å²) < 4.78 is 43.6. The maximum atomic E-state index is 13.1. The molecule has 9 heteroatoms. The van der Waals surface area contributed by atoms with Crippen LogP contribution in [0.4, 0.5) is 10.1 Å². The molecule has 1 saturated carbocycles. The van der Waals surface area contributed by atoms with Gasteiger partial charge in [0.1, 0.15) is 16.9 Å². The Hall–Kier alpha value is -2.42. The molecule has 1 saturated heterocycles. The first kappa shape index (κ1) is 22.4. The van der Waals surface area contributed by atoms with Crippen molar-refractivity contribution in [1.29, 1.82) is 0 Å². The van der Waals surface area contributed by atoms with E-state index in [1.165, 1.54) is 0 Å². The van der Waals surface area contributed by atoms with Crippen LogP contribution in [0, 0.1) is 5.92 Å². The number of amides is 1. The van der Waals surface area contributed by atoms with E-state index in [1.54, 1.807) is 19.1 Å². The number of anilines is 1. The third kappa shape index (κ3) is 6.34. The SMILES string of the molecule is [2H]C([2H])(F)CCOC1CN(c2ccc(C(=O)NC(CC)(CC)C(=O)OCC)nc2OCC2CC2)C1. The first-order valence-electron chi connectivity index (χ1n) is 12.8. The molecule has 0 atom stereocenters. The van der Waals surface area contributed by atoms with Crippen LogP contribution in [-0.4, -0.2) is 68.0 Å². The number of esters is 1. The lowest BCUT2D eigenvalue weighted by molar-refractivity contribution is -0.151. The van der Waals surface area contributed by atoms with Crippen LogP contribution in [0.3, 0.4) is 0 Å². The monoisotopic (exact) mass is 467 g/mol. The fraction of sp³-hybridized carbons (Fsp3) is 0.708. The van der Waals surface area contributed by atoms with Gasteiger partial charge < -0.3 is 24.4 Å². The van der Waals surface area contributed by atoms with Crippen LogP contribution >= 0.6 is 0 Å². The third-order valence-corrected chi connectivity index (χ3v) is 6.19. The third-order valence-electron chi connectivity index (χ3n) is 6.19. The molecule has 1 amide bonds. The largest absolute Gasteiger partial charge is 0.476 e. The van der Waals surface area contributed by atoms with Gasteiger partial charge in [0.25, 0.3) is 5.91 Å². The van der Waals surface area contributed by atoms with Crippen molar-refractivity contribution in [2.24, 2.45) is 5.92 Å². The molecule has 184 valence electrons. The fourth-order valence-electron chi connectivity index (χ4n) is 3.71. The number of pyridine rings is 1. The van der Waals surface area contributed by atoms with Crippen molar-refractivity contribution >= 4 is 17.6 Å². The molecule has 1 N–H and O–H groups in total. The first-order valence-corrected chi connectivity index (χ1v) is 11.8. The van der Waals surface area contributed by atoms with E-state index in [9.17, 15) is 14.0 Å². The summed E-state index contributed by atoms with van der Waals surface area (Å²) in [4.78, 5) is 32.1. The molecule has 0 aromatic carbocycles. The average molecular weight is 468 g/mol. The lowest BCUT2D eigenvalue weighted by atomic mass is 9.92. The number of carbonyl (C=O) groups is 2. The van der Waals surface area contributed by atoms with Gasteiger partial charge in [-0.3, -0.25) is 9.18 Å². The van der Waals surface area contributed by atoms with Gasteiger partial charge in [0, 0.05) is 19.7 Å². The summed E-state index contributed by atoms with van der Waals surface area (Å²) in [7, 11) is 0. The van der Waals surface area contributed by atoms with Crippen LogP contribution in [-0.2, 0) is 14.3 Å². The van der Waals surface area contributed by atoms with Gasteiger partial charge in [-0.05, 0) is 57.1 Å². The van der Waals surface area contributed by atoms with E-state index in [0.29, 0.717) is 44.3 Å². The zero-order chi connectivity index (χ0) is 25.6. The minimum absolute atomic E-state index is 0.00146. The Kier molecular flexibility index (Phi) is 7.89. The summed E-state index contributed by atoms with van der Waals surface area (Å²) in [5.74, 6) is -0.109. The number of carbonyl (C=O) groups excluding carboxylic acids is 2. The van der Waals surface area contributed by atoms with Crippen LogP contribution in [0.5, 0.6) is 5.88 Å². The van der Waals surface area contributed by atoms with Gasteiger partial charge in [0.05, 0.1) is 28.7 Å². The average Bonchev–Trinajstić information content (AvgIpc) is 3.61. The summed E-state index contributed by atoms with van der Waals surface area (Å²) in [6.45, 7) is 4.43. The molecule has 1 aromatic heterocycles. The van der Waals surface area contributed by atoms with E-state index in [1.807, 2.05) is 18.7 Å². The van der Waals surface area contributed by atoms with Gasteiger partial charge in [-0.2, -0.15) is 0 Å². The van der Waals surface area contributed by atoms with Crippen LogP contribution < -0.4 is 15.0 Å². The van der Waals surface area contributed by atoms with Gasteiger partial charge in [-0.15, -0.1) is 0 Å². The molecule has 0 radical (unpaired) electrons. The summed E-state index contributed by atoms with van der Waals surface area (Å²) >= 11 is 0. The highest BCUT2D eigenvalue weighted by Crippen LogP contribution is 2.34. The zero-order valence-corrected chi connectivity index (χ0v) is 19.7. The molecule has 0 bridgehead atoms. The van der Waals surface area contributed by atoms with Gasteiger partial charge in [-0.1, -0.05) is 13.8 Å². The number of hydrogen-bond donors (Lipinski definition) is 1. The molecule has 1 aromatic rings. The molecular formula is C24H36FN3O5. The van der Waals surface area contributed by atoms with E-state index in [2.05, 4.69) is 10.3 Å². The van der Waals surface area contributed by atoms with Crippen molar-refractivity contribution < 1.29 is 30.9 Å².